The van der Waals surface area contributed by atoms with E-state index in [0.29, 0.717) is 22.3 Å². The lowest BCUT2D eigenvalue weighted by atomic mass is 9.84. The summed E-state index contributed by atoms with van der Waals surface area (Å²) >= 11 is 0. The van der Waals surface area contributed by atoms with Gasteiger partial charge in [0.2, 0.25) is 0 Å². The molecule has 0 atom stereocenters. The average molecular weight is 498 g/mol. The average Bonchev–Trinajstić information content (AvgIpc) is 2.90. The molecule has 6 aromatic carbocycles. The van der Waals surface area contributed by atoms with Crippen LogP contribution in [-0.4, -0.2) is 11.8 Å². The van der Waals surface area contributed by atoms with Crippen molar-refractivity contribution in [3.8, 4) is 11.5 Å². The molecule has 1 aliphatic rings. The standard InChI is InChI=1S/C34H27NO3/c1-17(2)20-10-7-11-21(18(3)4)32(20)38-27-16-26-29-25(33(36)35-34(26)37)15-14-23-22-12-5-8-19-9-6-13-24(28(19)22)30(27)31(23)29/h5-18H,1-4H3,(H,35,36,37). The Balaban J connectivity index is 1.69. The van der Waals surface area contributed by atoms with E-state index in [1.807, 2.05) is 18.2 Å². The number of hydrogen-bond donors (Lipinski definition) is 1. The van der Waals surface area contributed by atoms with E-state index in [2.05, 4.69) is 87.6 Å². The number of benzene rings is 6. The van der Waals surface area contributed by atoms with Gasteiger partial charge in [0, 0.05) is 21.7 Å². The molecule has 2 amide bonds. The molecule has 1 aliphatic heterocycles. The first-order valence-corrected chi connectivity index (χ1v) is 13.2. The number of imide groups is 1. The lowest BCUT2D eigenvalue weighted by molar-refractivity contribution is 0.0844. The van der Waals surface area contributed by atoms with E-state index >= 15 is 0 Å². The minimum absolute atomic E-state index is 0.256. The molecule has 6 aromatic rings. The summed E-state index contributed by atoms with van der Waals surface area (Å²) < 4.78 is 6.95. The Labute approximate surface area is 220 Å². The summed E-state index contributed by atoms with van der Waals surface area (Å²) in [6.07, 6.45) is 0. The minimum atomic E-state index is -0.394. The molecule has 1 heterocycles. The molecule has 0 bridgehead atoms. The number of hydrogen-bond acceptors (Lipinski definition) is 3. The third kappa shape index (κ3) is 3.03. The van der Waals surface area contributed by atoms with Gasteiger partial charge in [0.05, 0.1) is 5.56 Å². The predicted molar refractivity (Wildman–Crippen MR) is 154 cm³/mol. The maximum absolute atomic E-state index is 13.2. The normalized spacial score (nSPS) is 13.5. The van der Waals surface area contributed by atoms with Crippen molar-refractivity contribution >= 4 is 54.9 Å². The number of ether oxygens (including phenoxy) is 1. The van der Waals surface area contributed by atoms with Gasteiger partial charge in [-0.15, -0.1) is 0 Å². The van der Waals surface area contributed by atoms with E-state index in [4.69, 9.17) is 4.74 Å². The largest absolute Gasteiger partial charge is 0.456 e. The van der Waals surface area contributed by atoms with Crippen molar-refractivity contribution < 1.29 is 14.3 Å². The summed E-state index contributed by atoms with van der Waals surface area (Å²) in [6, 6.07) is 24.6. The van der Waals surface area contributed by atoms with Gasteiger partial charge in [0.1, 0.15) is 11.5 Å². The number of amides is 2. The Morgan fingerprint density at radius 2 is 1.21 bits per heavy atom. The smallest absolute Gasteiger partial charge is 0.258 e. The van der Waals surface area contributed by atoms with Gasteiger partial charge in [0.25, 0.3) is 11.8 Å². The van der Waals surface area contributed by atoms with Crippen LogP contribution in [0.2, 0.25) is 0 Å². The Kier molecular flexibility index (Phi) is 4.80. The van der Waals surface area contributed by atoms with Gasteiger partial charge < -0.3 is 4.74 Å². The molecule has 4 heteroatoms. The summed E-state index contributed by atoms with van der Waals surface area (Å²) in [6.45, 7) is 8.67. The molecule has 0 saturated carbocycles. The van der Waals surface area contributed by atoms with Crippen LogP contribution in [0.1, 0.15) is 71.4 Å². The van der Waals surface area contributed by atoms with E-state index in [1.54, 1.807) is 0 Å². The summed E-state index contributed by atoms with van der Waals surface area (Å²) in [5, 5.41) is 10.5. The molecular formula is C34H27NO3. The molecule has 186 valence electrons. The zero-order chi connectivity index (χ0) is 26.3. The Hall–Kier alpha value is -4.44. The number of rotatable bonds is 4. The predicted octanol–water partition coefficient (Wildman–Crippen LogP) is 8.66. The fraction of sp³-hybridized carbons (Fsp3) is 0.176. The highest BCUT2D eigenvalue weighted by Crippen LogP contribution is 2.49. The van der Waals surface area contributed by atoms with Crippen molar-refractivity contribution in [2.24, 2.45) is 0 Å². The summed E-state index contributed by atoms with van der Waals surface area (Å²) in [5.74, 6) is 1.23. The van der Waals surface area contributed by atoms with E-state index in [-0.39, 0.29) is 17.7 Å². The Bertz CT molecular complexity index is 1930. The van der Waals surface area contributed by atoms with Crippen molar-refractivity contribution in [3.05, 3.63) is 95.1 Å². The first-order valence-electron chi connectivity index (χ1n) is 13.2. The van der Waals surface area contributed by atoms with E-state index in [9.17, 15) is 9.59 Å². The molecule has 1 N–H and O–H groups in total. The molecule has 0 spiro atoms. The zero-order valence-electron chi connectivity index (χ0n) is 21.8. The number of carbonyl (C=O) groups is 2. The van der Waals surface area contributed by atoms with E-state index in [1.165, 1.54) is 0 Å². The molecule has 0 saturated heterocycles. The molecule has 0 aliphatic carbocycles. The third-order valence-electron chi connectivity index (χ3n) is 7.96. The highest BCUT2D eigenvalue weighted by atomic mass is 16.5. The van der Waals surface area contributed by atoms with Crippen molar-refractivity contribution in [2.75, 3.05) is 0 Å². The van der Waals surface area contributed by atoms with Crippen LogP contribution in [0, 0.1) is 0 Å². The molecule has 0 fully saturated rings. The second kappa shape index (κ2) is 8.03. The van der Waals surface area contributed by atoms with Gasteiger partial charge in [-0.2, -0.15) is 0 Å². The maximum Gasteiger partial charge on any atom is 0.258 e. The van der Waals surface area contributed by atoms with Crippen molar-refractivity contribution in [1.82, 2.24) is 5.32 Å². The lowest BCUT2D eigenvalue weighted by Crippen LogP contribution is -2.34. The SMILES string of the molecule is CC(C)c1cccc(C(C)C)c1Oc1cc2c3c(ccc4c5cccc6cccc(c1c34)c65)C(=O)NC2=O. The van der Waals surface area contributed by atoms with Crippen LogP contribution in [0.25, 0.3) is 43.1 Å². The van der Waals surface area contributed by atoms with Crippen LogP contribution in [0.3, 0.4) is 0 Å². The summed E-state index contributed by atoms with van der Waals surface area (Å²) in [4.78, 5) is 26.1. The Morgan fingerprint density at radius 1 is 0.605 bits per heavy atom. The highest BCUT2D eigenvalue weighted by molar-refractivity contribution is 6.39. The van der Waals surface area contributed by atoms with Gasteiger partial charge in [-0.05, 0) is 62.0 Å². The molecular weight excluding hydrogens is 470 g/mol. The fourth-order valence-corrected chi connectivity index (χ4v) is 6.20. The highest BCUT2D eigenvalue weighted by Gasteiger charge is 2.30. The van der Waals surface area contributed by atoms with Crippen molar-refractivity contribution in [1.29, 1.82) is 0 Å². The number of carbonyl (C=O) groups excluding carboxylic acids is 2. The molecule has 4 nitrogen and oxygen atoms in total. The molecule has 0 unspecified atom stereocenters. The molecule has 0 aromatic heterocycles. The van der Waals surface area contributed by atoms with Crippen LogP contribution in [0.5, 0.6) is 11.5 Å². The monoisotopic (exact) mass is 497 g/mol. The van der Waals surface area contributed by atoms with Crippen molar-refractivity contribution in [2.45, 2.75) is 39.5 Å². The van der Waals surface area contributed by atoms with E-state index in [0.717, 1.165) is 54.6 Å². The van der Waals surface area contributed by atoms with Gasteiger partial charge in [-0.1, -0.05) is 88.4 Å². The molecule has 7 rings (SSSR count). The van der Waals surface area contributed by atoms with Gasteiger partial charge in [-0.3, -0.25) is 14.9 Å². The number of para-hydroxylation sites is 1. The summed E-state index contributed by atoms with van der Waals surface area (Å²) in [5.41, 5.74) is 3.23. The second-order valence-electron chi connectivity index (χ2n) is 10.9. The minimum Gasteiger partial charge on any atom is -0.456 e. The van der Waals surface area contributed by atoms with Gasteiger partial charge in [-0.25, -0.2) is 0 Å². The molecule has 0 radical (unpaired) electrons. The number of nitrogens with one attached hydrogen (secondary N) is 1. The van der Waals surface area contributed by atoms with Crippen LogP contribution in [-0.2, 0) is 0 Å². The topological polar surface area (TPSA) is 55.4 Å². The third-order valence-corrected chi connectivity index (χ3v) is 7.96. The second-order valence-corrected chi connectivity index (χ2v) is 10.9. The summed E-state index contributed by atoms with van der Waals surface area (Å²) in [7, 11) is 0. The number of fused-ring (bicyclic) bond motifs is 2. The first-order chi connectivity index (χ1) is 18.3. The van der Waals surface area contributed by atoms with Gasteiger partial charge >= 0.3 is 0 Å². The van der Waals surface area contributed by atoms with Gasteiger partial charge in [0.15, 0.2) is 0 Å². The van der Waals surface area contributed by atoms with Crippen LogP contribution in [0.15, 0.2) is 72.8 Å². The molecule has 38 heavy (non-hydrogen) atoms. The van der Waals surface area contributed by atoms with Crippen LogP contribution in [0.4, 0.5) is 0 Å². The fourth-order valence-electron chi connectivity index (χ4n) is 6.20. The quantitative estimate of drug-likeness (QED) is 0.151. The Morgan fingerprint density at radius 3 is 1.89 bits per heavy atom. The van der Waals surface area contributed by atoms with Crippen LogP contribution < -0.4 is 10.1 Å². The zero-order valence-corrected chi connectivity index (χ0v) is 21.8. The van der Waals surface area contributed by atoms with E-state index < -0.39 is 5.91 Å². The van der Waals surface area contributed by atoms with Crippen molar-refractivity contribution in [3.63, 3.8) is 0 Å². The maximum atomic E-state index is 13.2. The first kappa shape index (κ1) is 22.7. The van der Waals surface area contributed by atoms with Crippen LogP contribution >= 0.6 is 0 Å². The lowest BCUT2D eigenvalue weighted by Gasteiger charge is -2.25.